The van der Waals surface area contributed by atoms with Crippen LogP contribution in [0.15, 0.2) is 54.4 Å². The van der Waals surface area contributed by atoms with E-state index in [-0.39, 0.29) is 23.9 Å². The lowest BCUT2D eigenvalue weighted by atomic mass is 10.1. The second kappa shape index (κ2) is 8.51. The van der Waals surface area contributed by atoms with Gasteiger partial charge in [0.25, 0.3) is 5.91 Å². The van der Waals surface area contributed by atoms with Crippen LogP contribution in [0, 0.1) is 12.8 Å². The summed E-state index contributed by atoms with van der Waals surface area (Å²) in [6.45, 7) is 5.68. The predicted octanol–water partition coefficient (Wildman–Crippen LogP) is 4.85. The lowest BCUT2D eigenvalue weighted by Crippen LogP contribution is -2.37. The molecule has 0 spiro atoms. The molecule has 0 bridgehead atoms. The summed E-state index contributed by atoms with van der Waals surface area (Å²) in [4.78, 5) is 33.8. The van der Waals surface area contributed by atoms with Gasteiger partial charge in [0.15, 0.2) is 0 Å². The molecule has 3 aromatic rings. The van der Waals surface area contributed by atoms with Crippen LogP contribution in [0.4, 0.5) is 21.9 Å². The molecule has 0 radical (unpaired) electrons. The number of anilines is 3. The average molecular weight is 488 g/mol. The first-order valence-corrected chi connectivity index (χ1v) is 12.5. The third-order valence-electron chi connectivity index (χ3n) is 6.60. The molecule has 9 heteroatoms. The number of benzene rings is 1. The number of carbonyl (C=O) groups excluding carboxylic acids is 2. The number of urea groups is 1. The number of thiophene rings is 1. The van der Waals surface area contributed by atoms with E-state index < -0.39 is 0 Å². The van der Waals surface area contributed by atoms with E-state index >= 15 is 0 Å². The molecule has 35 heavy (non-hydrogen) atoms. The second-order valence-corrected chi connectivity index (χ2v) is 10.0. The van der Waals surface area contributed by atoms with Crippen molar-refractivity contribution >= 4 is 50.6 Å². The van der Waals surface area contributed by atoms with E-state index in [1.54, 1.807) is 11.1 Å². The molecule has 2 aromatic heterocycles. The van der Waals surface area contributed by atoms with Crippen molar-refractivity contribution in [3.05, 3.63) is 64.9 Å². The lowest BCUT2D eigenvalue weighted by molar-refractivity contribution is 0.0945. The van der Waals surface area contributed by atoms with Gasteiger partial charge in [-0.2, -0.15) is 0 Å². The summed E-state index contributed by atoms with van der Waals surface area (Å²) < 4.78 is 6.06. The molecular weight excluding hydrogens is 462 g/mol. The highest BCUT2D eigenvalue weighted by Crippen LogP contribution is 2.46. The number of hydrogen-bond donors (Lipinski definition) is 3. The number of pyridine rings is 1. The SMILES string of the molecule is Cc1cc(OC2=CC=CC2C)ccc1N1C(=O)Nc2c(C(=O)NC3CCNC3)sc3nccc1c23. The first-order chi connectivity index (χ1) is 17.0. The zero-order chi connectivity index (χ0) is 24.1. The summed E-state index contributed by atoms with van der Waals surface area (Å²) in [5.41, 5.74) is 2.88. The quantitative estimate of drug-likeness (QED) is 0.478. The number of amides is 3. The van der Waals surface area contributed by atoms with Gasteiger partial charge >= 0.3 is 6.03 Å². The molecule has 8 nitrogen and oxygen atoms in total. The maximum Gasteiger partial charge on any atom is 0.331 e. The van der Waals surface area contributed by atoms with E-state index in [4.69, 9.17) is 4.74 Å². The monoisotopic (exact) mass is 487 g/mol. The summed E-state index contributed by atoms with van der Waals surface area (Å²) in [7, 11) is 0. The zero-order valence-corrected chi connectivity index (χ0v) is 20.2. The molecule has 3 amide bonds. The molecule has 178 valence electrons. The number of aromatic nitrogens is 1. The maximum absolute atomic E-state index is 13.4. The molecule has 1 aliphatic carbocycles. The number of aryl methyl sites for hydroxylation is 1. The van der Waals surface area contributed by atoms with Crippen LogP contribution in [0.5, 0.6) is 5.75 Å². The van der Waals surface area contributed by atoms with Crippen LogP contribution in [0.3, 0.4) is 0 Å². The molecule has 2 aliphatic heterocycles. The van der Waals surface area contributed by atoms with Gasteiger partial charge in [-0.05, 0) is 55.8 Å². The minimum atomic E-state index is -0.312. The highest BCUT2D eigenvalue weighted by atomic mass is 32.1. The van der Waals surface area contributed by atoms with Gasteiger partial charge in [0, 0.05) is 24.7 Å². The number of ether oxygens (including phenoxy) is 1. The first kappa shape index (κ1) is 21.8. The van der Waals surface area contributed by atoms with E-state index in [0.29, 0.717) is 21.1 Å². The Hall–Kier alpha value is -3.69. The molecule has 3 N–H and O–H groups in total. The lowest BCUT2D eigenvalue weighted by Gasteiger charge is -2.29. The van der Waals surface area contributed by atoms with Gasteiger partial charge in [-0.25, -0.2) is 9.78 Å². The number of nitrogens with one attached hydrogen (secondary N) is 3. The molecule has 4 heterocycles. The fraction of sp³-hybridized carbons (Fsp3) is 0.269. The summed E-state index contributed by atoms with van der Waals surface area (Å²) in [5, 5.41) is 10.1. The normalized spacial score (nSPS) is 20.8. The van der Waals surface area contributed by atoms with Crippen molar-refractivity contribution in [2.75, 3.05) is 23.3 Å². The third-order valence-corrected chi connectivity index (χ3v) is 7.70. The van der Waals surface area contributed by atoms with Crippen LogP contribution in [0.2, 0.25) is 0 Å². The van der Waals surface area contributed by atoms with Crippen molar-refractivity contribution in [2.45, 2.75) is 26.3 Å². The third kappa shape index (κ3) is 3.77. The van der Waals surface area contributed by atoms with Gasteiger partial charge in [-0.1, -0.05) is 19.1 Å². The van der Waals surface area contributed by atoms with Crippen molar-refractivity contribution < 1.29 is 14.3 Å². The van der Waals surface area contributed by atoms with Crippen LogP contribution in [0.1, 0.15) is 28.6 Å². The molecule has 2 atom stereocenters. The smallest absolute Gasteiger partial charge is 0.331 e. The fourth-order valence-electron chi connectivity index (χ4n) is 4.78. The van der Waals surface area contributed by atoms with Crippen LogP contribution < -0.4 is 25.6 Å². The van der Waals surface area contributed by atoms with Gasteiger partial charge in [0.1, 0.15) is 21.2 Å². The number of carbonyl (C=O) groups is 2. The minimum Gasteiger partial charge on any atom is -0.461 e. The molecule has 1 aromatic carbocycles. The fourth-order valence-corrected chi connectivity index (χ4v) is 5.80. The molecular formula is C26H25N5O3S. The highest BCUT2D eigenvalue weighted by Gasteiger charge is 2.34. The topological polar surface area (TPSA) is 95.6 Å². The van der Waals surface area contributed by atoms with E-state index in [2.05, 4.69) is 33.9 Å². The Balaban J connectivity index is 1.35. The molecule has 3 aliphatic rings. The standard InChI is InChI=1S/C26H25N5O3S/c1-14-4-3-5-20(14)34-17-6-7-18(15(2)12-17)31-19-9-11-28-25-21(19)22(30-26(31)33)23(35-25)24(32)29-16-8-10-27-13-16/h3-7,9,11-12,14,16,27H,8,10,13H2,1-2H3,(H,29,32)(H,30,33). The Morgan fingerprint density at radius 3 is 2.91 bits per heavy atom. The summed E-state index contributed by atoms with van der Waals surface area (Å²) in [6.07, 6.45) is 8.61. The predicted molar refractivity (Wildman–Crippen MR) is 138 cm³/mol. The Bertz CT molecular complexity index is 1420. The number of hydrogen-bond acceptors (Lipinski definition) is 6. The van der Waals surface area contributed by atoms with E-state index in [1.165, 1.54) is 11.3 Å². The van der Waals surface area contributed by atoms with Gasteiger partial charge in [0.05, 0.1) is 22.4 Å². The Morgan fingerprint density at radius 1 is 1.29 bits per heavy atom. The van der Waals surface area contributed by atoms with Crippen molar-refractivity contribution in [1.82, 2.24) is 15.6 Å². The molecule has 1 saturated heterocycles. The average Bonchev–Trinajstić information content (AvgIpc) is 3.57. The number of nitrogens with zero attached hydrogens (tertiary/aromatic N) is 2. The van der Waals surface area contributed by atoms with Crippen LogP contribution in [-0.4, -0.2) is 36.1 Å². The second-order valence-electron chi connectivity index (χ2n) is 9.04. The van der Waals surface area contributed by atoms with Crippen molar-refractivity contribution in [1.29, 1.82) is 0 Å². The van der Waals surface area contributed by atoms with Crippen LogP contribution in [-0.2, 0) is 0 Å². The van der Waals surface area contributed by atoms with Crippen LogP contribution in [0.25, 0.3) is 10.2 Å². The largest absolute Gasteiger partial charge is 0.461 e. The molecule has 2 unspecified atom stereocenters. The molecule has 6 rings (SSSR count). The summed E-state index contributed by atoms with van der Waals surface area (Å²) >= 11 is 1.30. The highest BCUT2D eigenvalue weighted by molar-refractivity contribution is 7.21. The summed E-state index contributed by atoms with van der Waals surface area (Å²) in [6, 6.07) is 7.29. The van der Waals surface area contributed by atoms with Gasteiger partial charge in [-0.3, -0.25) is 9.69 Å². The maximum atomic E-state index is 13.4. The van der Waals surface area contributed by atoms with E-state index in [1.807, 2.05) is 43.3 Å². The first-order valence-electron chi connectivity index (χ1n) is 11.7. The molecule has 1 fully saturated rings. The van der Waals surface area contributed by atoms with Crippen molar-refractivity contribution in [2.24, 2.45) is 5.92 Å². The van der Waals surface area contributed by atoms with Crippen molar-refractivity contribution in [3.8, 4) is 5.75 Å². The summed E-state index contributed by atoms with van der Waals surface area (Å²) in [5.74, 6) is 1.67. The molecule has 0 saturated carbocycles. The number of allylic oxidation sites excluding steroid dienone is 3. The van der Waals surface area contributed by atoms with Crippen molar-refractivity contribution in [3.63, 3.8) is 0 Å². The van der Waals surface area contributed by atoms with Gasteiger partial charge < -0.3 is 20.7 Å². The van der Waals surface area contributed by atoms with Gasteiger partial charge in [-0.15, -0.1) is 11.3 Å². The Labute approximate surface area is 206 Å². The number of rotatable bonds is 5. The Kier molecular flexibility index (Phi) is 5.31. The van der Waals surface area contributed by atoms with E-state index in [0.717, 1.165) is 47.7 Å². The van der Waals surface area contributed by atoms with E-state index in [9.17, 15) is 9.59 Å². The van der Waals surface area contributed by atoms with Gasteiger partial charge in [0.2, 0.25) is 0 Å². The zero-order valence-electron chi connectivity index (χ0n) is 19.4. The Morgan fingerprint density at radius 2 is 2.17 bits per heavy atom. The van der Waals surface area contributed by atoms with Crippen LogP contribution >= 0.6 is 11.3 Å². The minimum absolute atomic E-state index is 0.0882.